The Kier molecular flexibility index (Phi) is 6.95. The number of thiocarbonyl (C=S) groups is 1. The molecule has 0 atom stereocenters. The number of aromatic hydroxyl groups is 1. The summed E-state index contributed by atoms with van der Waals surface area (Å²) in [7, 11) is 0. The topological polar surface area (TPSA) is 73.7 Å². The van der Waals surface area contributed by atoms with Gasteiger partial charge in [-0.2, -0.15) is 18.3 Å². The Hall–Kier alpha value is -1.98. The summed E-state index contributed by atoms with van der Waals surface area (Å²) >= 11 is 11.3. The predicted octanol–water partition coefficient (Wildman–Crippen LogP) is 4.83. The molecule has 0 aromatic heterocycles. The number of carbonyl (C=O) groups is 1. The normalized spacial score (nSPS) is 11.4. The molecule has 142 valence electrons. The Morgan fingerprint density at radius 2 is 1.93 bits per heavy atom. The first kappa shape index (κ1) is 21.3. The Labute approximate surface area is 173 Å². The van der Waals surface area contributed by atoms with E-state index in [9.17, 15) is 23.1 Å². The van der Waals surface area contributed by atoms with Crippen molar-refractivity contribution < 1.29 is 23.1 Å². The number of carbonyl (C=O) groups excluding carboxylic acids is 1. The van der Waals surface area contributed by atoms with Gasteiger partial charge in [0.25, 0.3) is 5.91 Å². The number of halogens is 5. The maximum atomic E-state index is 12.7. The molecule has 3 N–H and O–H groups in total. The fraction of sp³-hybridized carbons (Fsp3) is 0.0625. The molecule has 0 saturated carbocycles. The van der Waals surface area contributed by atoms with Crippen LogP contribution in [0.1, 0.15) is 11.1 Å². The standard InChI is InChI=1S/C16H10Br2F3N3O2S/c17-10-4-8(13(25)12(18)6-10)7-22-24-15(27)14(26)23-11-3-1-2-9(5-11)16(19,20)21/h1-7,25H,(H,23,26)(H,24,27)/b22-7+. The van der Waals surface area contributed by atoms with Crippen LogP contribution in [0.5, 0.6) is 5.75 Å². The van der Waals surface area contributed by atoms with Crippen molar-refractivity contribution in [2.75, 3.05) is 5.32 Å². The highest BCUT2D eigenvalue weighted by molar-refractivity contribution is 9.11. The van der Waals surface area contributed by atoms with Gasteiger partial charge in [-0.3, -0.25) is 10.2 Å². The second-order valence-corrected chi connectivity index (χ2v) is 7.24. The van der Waals surface area contributed by atoms with E-state index in [2.05, 4.69) is 47.7 Å². The molecule has 1 amide bonds. The van der Waals surface area contributed by atoms with Crippen molar-refractivity contribution in [1.29, 1.82) is 0 Å². The summed E-state index contributed by atoms with van der Waals surface area (Å²) < 4.78 is 39.2. The van der Waals surface area contributed by atoms with Crippen LogP contribution < -0.4 is 10.7 Å². The molecule has 0 unspecified atom stereocenters. The summed E-state index contributed by atoms with van der Waals surface area (Å²) in [6.45, 7) is 0. The van der Waals surface area contributed by atoms with Crippen LogP contribution >= 0.6 is 44.1 Å². The third kappa shape index (κ3) is 6.01. The van der Waals surface area contributed by atoms with Crippen molar-refractivity contribution in [3.63, 3.8) is 0 Å². The Bertz CT molecular complexity index is 920. The monoisotopic (exact) mass is 523 g/mol. The smallest absolute Gasteiger partial charge is 0.416 e. The number of hydrogen-bond acceptors (Lipinski definition) is 4. The fourth-order valence-corrected chi connectivity index (χ4v) is 3.22. The minimum Gasteiger partial charge on any atom is -0.506 e. The zero-order chi connectivity index (χ0) is 20.2. The van der Waals surface area contributed by atoms with Gasteiger partial charge in [-0.15, -0.1) is 0 Å². The molecule has 0 saturated heterocycles. The third-order valence-corrected chi connectivity index (χ3v) is 4.42. The number of phenolic OH excluding ortho intramolecular Hbond substituents is 1. The quantitative estimate of drug-likeness (QED) is 0.305. The van der Waals surface area contributed by atoms with E-state index in [-0.39, 0.29) is 16.4 Å². The lowest BCUT2D eigenvalue weighted by Gasteiger charge is -2.10. The molecule has 0 spiro atoms. The average molecular weight is 525 g/mol. The van der Waals surface area contributed by atoms with Crippen molar-refractivity contribution in [2.24, 2.45) is 5.10 Å². The van der Waals surface area contributed by atoms with Gasteiger partial charge < -0.3 is 10.4 Å². The van der Waals surface area contributed by atoms with Gasteiger partial charge >= 0.3 is 6.18 Å². The van der Waals surface area contributed by atoms with E-state index in [1.807, 2.05) is 0 Å². The lowest BCUT2D eigenvalue weighted by Crippen LogP contribution is -2.30. The molecule has 2 aromatic carbocycles. The zero-order valence-corrected chi connectivity index (χ0v) is 17.1. The van der Waals surface area contributed by atoms with E-state index in [0.29, 0.717) is 14.5 Å². The van der Waals surface area contributed by atoms with Gasteiger partial charge in [-0.1, -0.05) is 34.2 Å². The zero-order valence-electron chi connectivity index (χ0n) is 13.1. The van der Waals surface area contributed by atoms with Crippen LogP contribution in [0.4, 0.5) is 18.9 Å². The minimum atomic E-state index is -4.52. The number of nitrogens with zero attached hydrogens (tertiary/aromatic N) is 1. The molecule has 5 nitrogen and oxygen atoms in total. The highest BCUT2D eigenvalue weighted by Crippen LogP contribution is 2.31. The number of amides is 1. The first-order valence-corrected chi connectivity index (χ1v) is 9.07. The van der Waals surface area contributed by atoms with E-state index in [1.165, 1.54) is 18.3 Å². The van der Waals surface area contributed by atoms with Crippen LogP contribution in [-0.4, -0.2) is 22.2 Å². The lowest BCUT2D eigenvalue weighted by molar-refractivity contribution is -0.137. The number of nitrogens with one attached hydrogen (secondary N) is 2. The largest absolute Gasteiger partial charge is 0.506 e. The fourth-order valence-electron chi connectivity index (χ4n) is 1.86. The van der Waals surface area contributed by atoms with Crippen molar-refractivity contribution in [3.8, 4) is 5.75 Å². The second kappa shape index (κ2) is 8.81. The lowest BCUT2D eigenvalue weighted by atomic mass is 10.2. The number of benzene rings is 2. The van der Waals surface area contributed by atoms with Crippen molar-refractivity contribution in [3.05, 3.63) is 56.5 Å². The van der Waals surface area contributed by atoms with Crippen LogP contribution in [0.15, 0.2) is 50.4 Å². The first-order chi connectivity index (χ1) is 12.6. The van der Waals surface area contributed by atoms with Gasteiger partial charge in [0, 0.05) is 15.7 Å². The predicted molar refractivity (Wildman–Crippen MR) is 107 cm³/mol. The molecule has 0 bridgehead atoms. The number of alkyl halides is 3. The highest BCUT2D eigenvalue weighted by atomic mass is 79.9. The van der Waals surface area contributed by atoms with Crippen molar-refractivity contribution in [2.45, 2.75) is 6.18 Å². The summed E-state index contributed by atoms with van der Waals surface area (Å²) in [5.74, 6) is -0.899. The molecule has 0 heterocycles. The van der Waals surface area contributed by atoms with E-state index in [1.54, 1.807) is 12.1 Å². The van der Waals surface area contributed by atoms with Gasteiger partial charge in [0.15, 0.2) is 4.99 Å². The van der Waals surface area contributed by atoms with E-state index in [4.69, 9.17) is 12.2 Å². The average Bonchev–Trinajstić information content (AvgIpc) is 2.58. The van der Waals surface area contributed by atoms with Gasteiger partial charge in [-0.05, 0) is 46.3 Å². The van der Waals surface area contributed by atoms with E-state index < -0.39 is 17.6 Å². The number of hydrazone groups is 1. The first-order valence-electron chi connectivity index (χ1n) is 7.07. The molecule has 0 fully saturated rings. The third-order valence-electron chi connectivity index (χ3n) is 3.08. The Balaban J connectivity index is 2.02. The molecule has 11 heteroatoms. The van der Waals surface area contributed by atoms with Crippen LogP contribution in [0.3, 0.4) is 0 Å². The second-order valence-electron chi connectivity index (χ2n) is 5.06. The van der Waals surface area contributed by atoms with Gasteiger partial charge in [0.1, 0.15) is 5.75 Å². The van der Waals surface area contributed by atoms with Gasteiger partial charge in [0.2, 0.25) is 0 Å². The molecule has 0 radical (unpaired) electrons. The van der Waals surface area contributed by atoms with Crippen LogP contribution in [0.2, 0.25) is 0 Å². The summed E-state index contributed by atoms with van der Waals surface area (Å²) in [5, 5.41) is 15.9. The number of rotatable bonds is 3. The van der Waals surface area contributed by atoms with Gasteiger partial charge in [-0.25, -0.2) is 0 Å². The maximum absolute atomic E-state index is 12.7. The van der Waals surface area contributed by atoms with Crippen molar-refractivity contribution >= 4 is 66.9 Å². The summed E-state index contributed by atoms with van der Waals surface area (Å²) in [4.78, 5) is 11.6. The van der Waals surface area contributed by atoms with E-state index >= 15 is 0 Å². The Morgan fingerprint density at radius 1 is 1.22 bits per heavy atom. The van der Waals surface area contributed by atoms with E-state index in [0.717, 1.165) is 12.1 Å². The molecule has 27 heavy (non-hydrogen) atoms. The number of anilines is 1. The maximum Gasteiger partial charge on any atom is 0.416 e. The molecule has 0 aliphatic rings. The molecule has 0 aliphatic heterocycles. The molecule has 2 aromatic rings. The Morgan fingerprint density at radius 3 is 2.59 bits per heavy atom. The summed E-state index contributed by atoms with van der Waals surface area (Å²) in [6, 6.07) is 7.36. The molecular formula is C16H10Br2F3N3O2S. The minimum absolute atomic E-state index is 0.0588. The molecule has 2 rings (SSSR count). The van der Waals surface area contributed by atoms with Crippen LogP contribution in [0, 0.1) is 0 Å². The van der Waals surface area contributed by atoms with Crippen molar-refractivity contribution in [1.82, 2.24) is 5.43 Å². The van der Waals surface area contributed by atoms with Crippen LogP contribution in [-0.2, 0) is 11.0 Å². The summed E-state index contributed by atoms with van der Waals surface area (Å²) in [6.07, 6.45) is -3.29. The molecular weight excluding hydrogens is 515 g/mol. The number of hydrogen-bond donors (Lipinski definition) is 3. The number of phenols is 1. The van der Waals surface area contributed by atoms with Crippen LogP contribution in [0.25, 0.3) is 0 Å². The molecule has 0 aliphatic carbocycles. The summed E-state index contributed by atoms with van der Waals surface area (Å²) in [5.41, 5.74) is 1.67. The highest BCUT2D eigenvalue weighted by Gasteiger charge is 2.30. The van der Waals surface area contributed by atoms with Gasteiger partial charge in [0.05, 0.1) is 16.3 Å². The SMILES string of the molecule is O=C(Nc1cccc(C(F)(F)F)c1)C(=S)N/N=C/c1cc(Br)cc(Br)c1O.